The van der Waals surface area contributed by atoms with Gasteiger partial charge in [0.05, 0.1) is 33.0 Å². The summed E-state index contributed by atoms with van der Waals surface area (Å²) in [4.78, 5) is 1.18. The molecular weight excluding hydrogens is 338 g/mol. The van der Waals surface area contributed by atoms with Gasteiger partial charge in [-0.15, -0.1) is 5.10 Å². The Morgan fingerprint density at radius 3 is 2.75 bits per heavy atom. The van der Waals surface area contributed by atoms with Crippen LogP contribution in [-0.2, 0) is 6.54 Å². The molecule has 1 atom stereocenters. The average molecular weight is 358 g/mol. The third-order valence-corrected chi connectivity index (χ3v) is 4.58. The first kappa shape index (κ1) is 15.6. The van der Waals surface area contributed by atoms with Crippen LogP contribution in [0.3, 0.4) is 0 Å². The van der Waals surface area contributed by atoms with Gasteiger partial charge in [0.1, 0.15) is 0 Å². The highest BCUT2D eigenvalue weighted by molar-refractivity contribution is 9.10. The molecule has 0 saturated carbocycles. The van der Waals surface area contributed by atoms with E-state index in [9.17, 15) is 0 Å². The Balaban J connectivity index is 2.50. The molecule has 7 heteroatoms. The summed E-state index contributed by atoms with van der Waals surface area (Å²) in [5.41, 5.74) is 2.21. The molecule has 2 aromatic rings. The summed E-state index contributed by atoms with van der Waals surface area (Å²) in [6.07, 6.45) is 1.85. The molecule has 0 fully saturated rings. The van der Waals surface area contributed by atoms with E-state index >= 15 is 0 Å². The molecule has 2 aromatic heterocycles. The molecule has 0 aliphatic carbocycles. The van der Waals surface area contributed by atoms with Crippen molar-refractivity contribution in [1.29, 1.82) is 0 Å². The molecule has 0 spiro atoms. The fourth-order valence-corrected chi connectivity index (χ4v) is 3.65. The maximum atomic E-state index is 4.42. The third-order valence-electron chi connectivity index (χ3n) is 3.16. The number of nitrogens with zero attached hydrogens (tertiary/aromatic N) is 4. The second-order valence-electron chi connectivity index (χ2n) is 4.86. The fourth-order valence-electron chi connectivity index (χ4n) is 2.23. The monoisotopic (exact) mass is 357 g/mol. The first-order chi connectivity index (χ1) is 9.60. The van der Waals surface area contributed by atoms with E-state index in [0.29, 0.717) is 5.92 Å². The highest BCUT2D eigenvalue weighted by atomic mass is 79.9. The summed E-state index contributed by atoms with van der Waals surface area (Å²) in [7, 11) is 0. The van der Waals surface area contributed by atoms with Crippen molar-refractivity contribution in [1.82, 2.24) is 24.7 Å². The number of rotatable bonds is 6. The largest absolute Gasteiger partial charge is 0.304 e. The Morgan fingerprint density at radius 2 is 2.15 bits per heavy atom. The zero-order chi connectivity index (χ0) is 14.7. The van der Waals surface area contributed by atoms with Gasteiger partial charge in [-0.2, -0.15) is 5.10 Å². The van der Waals surface area contributed by atoms with E-state index < -0.39 is 0 Å². The highest BCUT2D eigenvalue weighted by Gasteiger charge is 2.26. The third kappa shape index (κ3) is 2.94. The Hall–Kier alpha value is -0.790. The Morgan fingerprint density at radius 1 is 1.40 bits per heavy atom. The minimum absolute atomic E-state index is 0.0780. The highest BCUT2D eigenvalue weighted by Crippen LogP contribution is 2.34. The first-order valence-corrected chi connectivity index (χ1v) is 8.43. The maximum absolute atomic E-state index is 4.42. The molecule has 0 aromatic carbocycles. The lowest BCUT2D eigenvalue weighted by atomic mass is 10.0. The second kappa shape index (κ2) is 6.78. The molecule has 0 aliphatic heterocycles. The van der Waals surface area contributed by atoms with Crippen molar-refractivity contribution in [3.8, 4) is 0 Å². The van der Waals surface area contributed by atoms with Crippen LogP contribution in [0.15, 0.2) is 10.7 Å². The van der Waals surface area contributed by atoms with E-state index in [4.69, 9.17) is 0 Å². The van der Waals surface area contributed by atoms with Crippen LogP contribution in [0.25, 0.3) is 0 Å². The summed E-state index contributed by atoms with van der Waals surface area (Å²) in [6, 6.07) is 0.0780. The van der Waals surface area contributed by atoms with Crippen LogP contribution >= 0.6 is 27.5 Å². The summed E-state index contributed by atoms with van der Waals surface area (Å²) in [5.74, 6) is 0.363. The zero-order valence-electron chi connectivity index (χ0n) is 12.2. The maximum Gasteiger partial charge on any atom is 0.0888 e. The number of halogens is 1. The summed E-state index contributed by atoms with van der Waals surface area (Å²) < 4.78 is 7.19. The lowest BCUT2D eigenvalue weighted by molar-refractivity contribution is 0.540. The molecule has 20 heavy (non-hydrogen) atoms. The molecule has 0 amide bonds. The lowest BCUT2D eigenvalue weighted by Crippen LogP contribution is -2.25. The molecule has 5 nitrogen and oxygen atoms in total. The van der Waals surface area contributed by atoms with Crippen molar-refractivity contribution in [2.24, 2.45) is 0 Å². The Labute approximate surface area is 132 Å². The minimum Gasteiger partial charge on any atom is -0.304 e. The Kier molecular flexibility index (Phi) is 5.29. The van der Waals surface area contributed by atoms with E-state index in [1.165, 1.54) is 16.4 Å². The van der Waals surface area contributed by atoms with Gasteiger partial charge < -0.3 is 5.32 Å². The topological polar surface area (TPSA) is 55.6 Å². The molecule has 0 saturated heterocycles. The van der Waals surface area contributed by atoms with E-state index in [1.807, 2.05) is 10.9 Å². The molecule has 1 unspecified atom stereocenters. The molecule has 2 rings (SSSR count). The normalized spacial score (nSPS) is 13.1. The molecule has 0 bridgehead atoms. The number of nitrogens with one attached hydrogen (secondary N) is 1. The standard InChI is InChI=1S/C13H20BrN5S/c1-5-15-11(12-9(14)7-16-19(12)6-2)13-10(8(3)4)17-18-20-13/h7-8,11,15H,5-6H2,1-4H3. The fraction of sp³-hybridized carbons (Fsp3) is 0.615. The van der Waals surface area contributed by atoms with Gasteiger partial charge in [-0.25, -0.2) is 0 Å². The number of aromatic nitrogens is 4. The predicted octanol–water partition coefficient (Wildman–Crippen LogP) is 3.34. The quantitative estimate of drug-likeness (QED) is 0.861. The van der Waals surface area contributed by atoms with Crippen LogP contribution in [0.4, 0.5) is 0 Å². The molecular formula is C13H20BrN5S. The van der Waals surface area contributed by atoms with Crippen LogP contribution in [0, 0.1) is 0 Å². The second-order valence-corrected chi connectivity index (χ2v) is 6.50. The number of hydrogen-bond donors (Lipinski definition) is 1. The van der Waals surface area contributed by atoms with E-state index in [0.717, 1.165) is 29.0 Å². The number of hydrogen-bond acceptors (Lipinski definition) is 5. The summed E-state index contributed by atoms with van der Waals surface area (Å²) >= 11 is 5.08. The molecule has 2 heterocycles. The van der Waals surface area contributed by atoms with Gasteiger partial charge in [0.15, 0.2) is 0 Å². The van der Waals surface area contributed by atoms with Crippen molar-refractivity contribution < 1.29 is 0 Å². The predicted molar refractivity (Wildman–Crippen MR) is 85.1 cm³/mol. The van der Waals surface area contributed by atoms with Gasteiger partial charge in [-0.05, 0) is 46.8 Å². The smallest absolute Gasteiger partial charge is 0.0888 e. The average Bonchev–Trinajstić information content (AvgIpc) is 3.02. The molecule has 1 N–H and O–H groups in total. The summed E-state index contributed by atoms with van der Waals surface area (Å²) in [6.45, 7) is 10.2. The van der Waals surface area contributed by atoms with Gasteiger partial charge in [-0.3, -0.25) is 4.68 Å². The van der Waals surface area contributed by atoms with Crippen molar-refractivity contribution >= 4 is 27.5 Å². The zero-order valence-corrected chi connectivity index (χ0v) is 14.6. The minimum atomic E-state index is 0.0780. The molecule has 0 radical (unpaired) electrons. The van der Waals surface area contributed by atoms with Gasteiger partial charge in [0.2, 0.25) is 0 Å². The van der Waals surface area contributed by atoms with Crippen molar-refractivity contribution in [2.45, 2.75) is 46.2 Å². The SMILES string of the molecule is CCNC(c1snnc1C(C)C)c1c(Br)cnn1CC. The van der Waals surface area contributed by atoms with E-state index in [2.05, 4.69) is 63.6 Å². The van der Waals surface area contributed by atoms with Crippen molar-refractivity contribution in [3.05, 3.63) is 26.9 Å². The van der Waals surface area contributed by atoms with Crippen molar-refractivity contribution in [2.75, 3.05) is 6.54 Å². The molecule has 110 valence electrons. The Bertz CT molecular complexity index is 563. The number of aryl methyl sites for hydroxylation is 1. The van der Waals surface area contributed by atoms with Crippen LogP contribution < -0.4 is 5.32 Å². The van der Waals surface area contributed by atoms with Gasteiger partial charge in [0.25, 0.3) is 0 Å². The van der Waals surface area contributed by atoms with Crippen molar-refractivity contribution in [3.63, 3.8) is 0 Å². The van der Waals surface area contributed by atoms with Crippen LogP contribution in [-0.4, -0.2) is 25.9 Å². The van der Waals surface area contributed by atoms with Crippen LogP contribution in [0.5, 0.6) is 0 Å². The first-order valence-electron chi connectivity index (χ1n) is 6.86. The van der Waals surface area contributed by atoms with Crippen LogP contribution in [0.1, 0.15) is 55.9 Å². The lowest BCUT2D eigenvalue weighted by Gasteiger charge is -2.20. The van der Waals surface area contributed by atoms with E-state index in [1.54, 1.807) is 0 Å². The van der Waals surface area contributed by atoms with Crippen LogP contribution in [0.2, 0.25) is 0 Å². The summed E-state index contributed by atoms with van der Waals surface area (Å²) in [5, 5.41) is 12.3. The van der Waals surface area contributed by atoms with Gasteiger partial charge in [-0.1, -0.05) is 25.3 Å². The van der Waals surface area contributed by atoms with Gasteiger partial charge >= 0.3 is 0 Å². The van der Waals surface area contributed by atoms with Gasteiger partial charge in [0, 0.05) is 6.54 Å². The molecule has 0 aliphatic rings. The van der Waals surface area contributed by atoms with E-state index in [-0.39, 0.29) is 6.04 Å².